The first-order chi connectivity index (χ1) is 8.49. The zero-order chi connectivity index (χ0) is 13.2. The second kappa shape index (κ2) is 5.12. The molecule has 100 valence electrons. The topological polar surface area (TPSA) is 41.1 Å². The molecule has 1 aromatic rings. The summed E-state index contributed by atoms with van der Waals surface area (Å²) in [5.74, 6) is 1.70. The molecule has 18 heavy (non-hydrogen) atoms. The van der Waals surface area contributed by atoms with Crippen LogP contribution in [0.5, 0.6) is 0 Å². The summed E-state index contributed by atoms with van der Waals surface area (Å²) in [6.45, 7) is 4.69. The molecule has 1 aromatic heterocycles. The molecule has 0 aromatic carbocycles. The number of nitrogens with one attached hydrogen (secondary N) is 1. The van der Waals surface area contributed by atoms with Gasteiger partial charge in [0, 0.05) is 26.3 Å². The van der Waals surface area contributed by atoms with Gasteiger partial charge in [-0.2, -0.15) is 4.98 Å². The van der Waals surface area contributed by atoms with Crippen LogP contribution in [0.2, 0.25) is 0 Å². The van der Waals surface area contributed by atoms with E-state index in [4.69, 9.17) is 0 Å². The van der Waals surface area contributed by atoms with Crippen molar-refractivity contribution in [2.24, 2.45) is 5.41 Å². The zero-order valence-corrected chi connectivity index (χ0v) is 11.9. The minimum atomic E-state index is 0.349. The Kier molecular flexibility index (Phi) is 3.73. The Labute approximate surface area is 110 Å². The van der Waals surface area contributed by atoms with Crippen molar-refractivity contribution in [3.8, 4) is 0 Å². The molecule has 0 saturated heterocycles. The summed E-state index contributed by atoms with van der Waals surface area (Å²) >= 11 is 0. The van der Waals surface area contributed by atoms with Crippen molar-refractivity contribution in [1.82, 2.24) is 9.97 Å². The van der Waals surface area contributed by atoms with Gasteiger partial charge in [0.1, 0.15) is 5.82 Å². The summed E-state index contributed by atoms with van der Waals surface area (Å²) in [5, 5.41) is 3.59. The Bertz CT molecular complexity index is 401. The normalized spacial score (nSPS) is 22.6. The van der Waals surface area contributed by atoms with Crippen molar-refractivity contribution in [2.75, 3.05) is 24.3 Å². The van der Waals surface area contributed by atoms with E-state index in [0.717, 1.165) is 11.8 Å². The fraction of sp³-hybridized carbons (Fsp3) is 0.714. The lowest BCUT2D eigenvalue weighted by molar-refractivity contribution is 0.216. The predicted octanol–water partition coefficient (Wildman–Crippen LogP) is 2.92. The van der Waals surface area contributed by atoms with E-state index in [2.05, 4.69) is 29.1 Å². The van der Waals surface area contributed by atoms with E-state index < -0.39 is 0 Å². The van der Waals surface area contributed by atoms with E-state index in [1.165, 1.54) is 25.7 Å². The number of aromatic nitrogens is 2. The lowest BCUT2D eigenvalue weighted by Gasteiger charge is -2.39. The highest BCUT2D eigenvalue weighted by atomic mass is 15.2. The smallest absolute Gasteiger partial charge is 0.226 e. The average Bonchev–Trinajstić information content (AvgIpc) is 2.32. The van der Waals surface area contributed by atoms with Crippen LogP contribution in [0.25, 0.3) is 0 Å². The van der Waals surface area contributed by atoms with Crippen LogP contribution in [0.3, 0.4) is 0 Å². The van der Waals surface area contributed by atoms with Gasteiger partial charge < -0.3 is 10.2 Å². The van der Waals surface area contributed by atoms with E-state index in [1.807, 2.05) is 31.3 Å². The summed E-state index contributed by atoms with van der Waals surface area (Å²) in [4.78, 5) is 10.7. The SMILES string of the molecule is CN(C)c1nccc(NC2CCCCC2(C)C)n1. The van der Waals surface area contributed by atoms with Gasteiger partial charge in [0.2, 0.25) is 5.95 Å². The Hall–Kier alpha value is -1.32. The van der Waals surface area contributed by atoms with Crippen molar-refractivity contribution >= 4 is 11.8 Å². The summed E-state index contributed by atoms with van der Waals surface area (Å²) in [6, 6.07) is 2.47. The van der Waals surface area contributed by atoms with Gasteiger partial charge in [-0.3, -0.25) is 0 Å². The molecule has 0 aliphatic heterocycles. The van der Waals surface area contributed by atoms with Gasteiger partial charge in [-0.25, -0.2) is 4.98 Å². The molecule has 1 saturated carbocycles. The van der Waals surface area contributed by atoms with Crippen LogP contribution in [-0.2, 0) is 0 Å². The molecular weight excluding hydrogens is 224 g/mol. The molecule has 1 heterocycles. The zero-order valence-electron chi connectivity index (χ0n) is 11.9. The molecule has 0 spiro atoms. The summed E-state index contributed by atoms with van der Waals surface area (Å²) in [7, 11) is 3.92. The number of hydrogen-bond acceptors (Lipinski definition) is 4. The molecule has 1 atom stereocenters. The fourth-order valence-corrected chi connectivity index (χ4v) is 2.58. The quantitative estimate of drug-likeness (QED) is 0.893. The third-order valence-corrected chi connectivity index (χ3v) is 3.87. The van der Waals surface area contributed by atoms with Gasteiger partial charge in [0.15, 0.2) is 0 Å². The summed E-state index contributed by atoms with van der Waals surface area (Å²) in [5.41, 5.74) is 0.349. The second-order valence-electron chi connectivity index (χ2n) is 6.07. The molecule has 1 unspecified atom stereocenters. The third-order valence-electron chi connectivity index (χ3n) is 3.87. The number of hydrogen-bond donors (Lipinski definition) is 1. The van der Waals surface area contributed by atoms with Crippen LogP contribution in [0.4, 0.5) is 11.8 Å². The lowest BCUT2D eigenvalue weighted by atomic mass is 9.73. The molecule has 4 nitrogen and oxygen atoms in total. The van der Waals surface area contributed by atoms with Gasteiger partial charge in [-0.15, -0.1) is 0 Å². The molecule has 0 bridgehead atoms. The fourth-order valence-electron chi connectivity index (χ4n) is 2.58. The molecule has 0 amide bonds. The first-order valence-corrected chi connectivity index (χ1v) is 6.76. The van der Waals surface area contributed by atoms with E-state index in [1.54, 1.807) is 0 Å². The van der Waals surface area contributed by atoms with E-state index in [0.29, 0.717) is 11.5 Å². The molecule has 0 radical (unpaired) electrons. The Morgan fingerprint density at radius 3 is 2.78 bits per heavy atom. The molecule has 2 rings (SSSR count). The van der Waals surface area contributed by atoms with Crippen LogP contribution >= 0.6 is 0 Å². The van der Waals surface area contributed by atoms with Crippen LogP contribution in [0.1, 0.15) is 39.5 Å². The highest BCUT2D eigenvalue weighted by Gasteiger charge is 2.32. The van der Waals surface area contributed by atoms with Crippen molar-refractivity contribution < 1.29 is 0 Å². The average molecular weight is 248 g/mol. The highest BCUT2D eigenvalue weighted by molar-refractivity contribution is 5.41. The maximum atomic E-state index is 4.54. The Morgan fingerprint density at radius 1 is 1.33 bits per heavy atom. The molecule has 1 aliphatic carbocycles. The monoisotopic (exact) mass is 248 g/mol. The van der Waals surface area contributed by atoms with Gasteiger partial charge in [-0.05, 0) is 24.3 Å². The second-order valence-corrected chi connectivity index (χ2v) is 6.07. The maximum absolute atomic E-state index is 4.54. The molecule has 1 N–H and O–H groups in total. The minimum absolute atomic E-state index is 0.349. The summed E-state index contributed by atoms with van der Waals surface area (Å²) < 4.78 is 0. The van der Waals surface area contributed by atoms with Crippen molar-refractivity contribution in [2.45, 2.75) is 45.6 Å². The van der Waals surface area contributed by atoms with Gasteiger partial charge in [0.05, 0.1) is 0 Å². The first-order valence-electron chi connectivity index (χ1n) is 6.76. The minimum Gasteiger partial charge on any atom is -0.367 e. The van der Waals surface area contributed by atoms with Crippen LogP contribution in [0.15, 0.2) is 12.3 Å². The Balaban J connectivity index is 2.11. The van der Waals surface area contributed by atoms with E-state index >= 15 is 0 Å². The number of rotatable bonds is 3. The number of nitrogens with zero attached hydrogens (tertiary/aromatic N) is 3. The molecule has 1 aliphatic rings. The largest absolute Gasteiger partial charge is 0.367 e. The highest BCUT2D eigenvalue weighted by Crippen LogP contribution is 2.37. The van der Waals surface area contributed by atoms with Crippen LogP contribution in [-0.4, -0.2) is 30.1 Å². The molecule has 4 heteroatoms. The maximum Gasteiger partial charge on any atom is 0.226 e. The lowest BCUT2D eigenvalue weighted by Crippen LogP contribution is -2.39. The van der Waals surface area contributed by atoms with Gasteiger partial charge in [-0.1, -0.05) is 26.7 Å². The van der Waals surface area contributed by atoms with E-state index in [9.17, 15) is 0 Å². The number of anilines is 2. The molecule has 1 fully saturated rings. The van der Waals surface area contributed by atoms with Gasteiger partial charge in [0.25, 0.3) is 0 Å². The van der Waals surface area contributed by atoms with Crippen molar-refractivity contribution in [3.63, 3.8) is 0 Å². The van der Waals surface area contributed by atoms with Crippen LogP contribution in [0, 0.1) is 5.41 Å². The van der Waals surface area contributed by atoms with Crippen LogP contribution < -0.4 is 10.2 Å². The van der Waals surface area contributed by atoms with E-state index in [-0.39, 0.29) is 0 Å². The van der Waals surface area contributed by atoms with Crippen molar-refractivity contribution in [1.29, 1.82) is 0 Å². The third kappa shape index (κ3) is 2.92. The Morgan fingerprint density at radius 2 is 2.11 bits per heavy atom. The summed E-state index contributed by atoms with van der Waals surface area (Å²) in [6.07, 6.45) is 7.00. The first kappa shape index (κ1) is 13.1. The standard InChI is InChI=1S/C14H24N4/c1-14(2)9-6-5-7-11(14)16-12-8-10-15-13(17-12)18(3)4/h8,10-11H,5-7,9H2,1-4H3,(H,15,16,17). The van der Waals surface area contributed by atoms with Gasteiger partial charge >= 0.3 is 0 Å². The predicted molar refractivity (Wildman–Crippen MR) is 76.0 cm³/mol. The molecular formula is C14H24N4. The van der Waals surface area contributed by atoms with Crippen molar-refractivity contribution in [3.05, 3.63) is 12.3 Å².